The average molecular weight is 903 g/mol. The molecule has 2 atom stereocenters. The van der Waals surface area contributed by atoms with Crippen LogP contribution in [0.3, 0.4) is 0 Å². The molecule has 0 amide bonds. The smallest absolute Gasteiger partial charge is 0.409 e. The van der Waals surface area contributed by atoms with Crippen molar-refractivity contribution in [3.8, 4) is 28.7 Å². The van der Waals surface area contributed by atoms with Gasteiger partial charge < -0.3 is 27.1 Å². The fourth-order valence-electron chi connectivity index (χ4n) is 7.45. The maximum Gasteiger partial charge on any atom is 0.530 e. The molecule has 0 fully saturated rings. The van der Waals surface area contributed by atoms with Crippen molar-refractivity contribution in [2.45, 2.75) is 37.0 Å². The van der Waals surface area contributed by atoms with Crippen LogP contribution in [0.25, 0.3) is 32.3 Å². The number of allylic oxidation sites excluding steroid dienone is 4. The molecule has 0 aliphatic heterocycles. The van der Waals surface area contributed by atoms with Crippen molar-refractivity contribution in [3.05, 3.63) is 212 Å². The maximum absolute atomic E-state index is 6.98. The summed E-state index contributed by atoms with van der Waals surface area (Å²) >= 11 is 0. The predicted octanol–water partition coefficient (Wildman–Crippen LogP) is 17.2. The van der Waals surface area contributed by atoms with Crippen LogP contribution in [0.1, 0.15) is 27.2 Å². The van der Waals surface area contributed by atoms with E-state index in [4.69, 9.17) is 27.1 Å². The van der Waals surface area contributed by atoms with Gasteiger partial charge in [-0.3, -0.25) is 0 Å². The van der Waals surface area contributed by atoms with E-state index < -0.39 is 27.2 Å². The minimum Gasteiger partial charge on any atom is -0.409 e. The molecule has 0 saturated carbocycles. The minimum atomic E-state index is -2.04. The molecule has 0 heterocycles. The number of hydrogen-bond donors (Lipinski definition) is 0. The van der Waals surface area contributed by atoms with Gasteiger partial charge in [-0.2, -0.15) is 10.0 Å². The van der Waals surface area contributed by atoms with Gasteiger partial charge >= 0.3 is 17.2 Å². The van der Waals surface area contributed by atoms with E-state index in [9.17, 15) is 0 Å². The molecule has 9 heteroatoms. The van der Waals surface area contributed by atoms with E-state index in [0.29, 0.717) is 34.5 Å². The Balaban J connectivity index is 1.15. The van der Waals surface area contributed by atoms with Crippen LogP contribution in [-0.4, -0.2) is 12.5 Å². The number of hydrogen-bond acceptors (Lipinski definition) is 6. The zero-order valence-electron chi connectivity index (χ0n) is 36.7. The maximum atomic E-state index is 6.98. The molecule has 0 N–H and O–H groups in total. The fourth-order valence-corrected chi connectivity index (χ4v) is 12.1. The van der Waals surface area contributed by atoms with Gasteiger partial charge in [0.25, 0.3) is 0 Å². The third kappa shape index (κ3) is 10.1. The number of rotatable bonds is 18. The monoisotopic (exact) mass is 902 g/mol. The van der Waals surface area contributed by atoms with Crippen LogP contribution < -0.4 is 22.6 Å². The molecule has 0 aliphatic carbocycles. The number of benzene rings is 8. The molecular weight excluding hydrogens is 851 g/mol. The van der Waals surface area contributed by atoms with E-state index in [-0.39, 0.29) is 5.92 Å². The summed E-state index contributed by atoms with van der Waals surface area (Å²) in [6.45, 7) is 10.6. The van der Waals surface area contributed by atoms with Crippen LogP contribution in [0.2, 0.25) is 0 Å². The van der Waals surface area contributed by atoms with E-state index in [1.165, 1.54) is 0 Å². The Kier molecular flexibility index (Phi) is 14.2. The van der Waals surface area contributed by atoms with Crippen LogP contribution in [0.15, 0.2) is 222 Å². The lowest BCUT2D eigenvalue weighted by molar-refractivity contribution is 0.329. The van der Waals surface area contributed by atoms with Gasteiger partial charge in [0, 0.05) is 25.9 Å². The van der Waals surface area contributed by atoms with Crippen molar-refractivity contribution in [2.75, 3.05) is 12.5 Å². The molecule has 0 aliphatic rings. The quantitative estimate of drug-likeness (QED) is 0.0370. The molecule has 0 radical (unpaired) electrons. The average Bonchev–Trinajstić information content (AvgIpc) is 3.32. The first-order valence-corrected chi connectivity index (χ1v) is 25.9. The van der Waals surface area contributed by atoms with Crippen LogP contribution >= 0.6 is 27.2 Å². The summed E-state index contributed by atoms with van der Waals surface area (Å²) in [5, 5.41) is 6.07. The lowest BCUT2D eigenvalue weighted by Crippen LogP contribution is -2.08. The Bertz CT molecular complexity index is 2870. The Hall–Kier alpha value is -6.23. The van der Waals surface area contributed by atoms with Gasteiger partial charge in [-0.15, -0.1) is 0 Å². The zero-order chi connectivity index (χ0) is 44.5. The lowest BCUT2D eigenvalue weighted by Gasteiger charge is -2.35. The number of fused-ring (bicyclic) bond motifs is 3. The molecule has 0 spiro atoms. The summed E-state index contributed by atoms with van der Waals surface area (Å²) in [6.07, 6.45) is 11.5. The Morgan fingerprint density at radius 3 is 1.31 bits per heavy atom. The molecule has 8 aromatic rings. The summed E-state index contributed by atoms with van der Waals surface area (Å²) in [5.74, 6) is 4.09. The second-order valence-corrected chi connectivity index (χ2v) is 21.1. The summed E-state index contributed by atoms with van der Waals surface area (Å²) < 4.78 is 41.0. The number of para-hydroxylation sites is 2. The minimum absolute atomic E-state index is 0.142. The molecule has 8 rings (SSSR count). The molecule has 2 unspecified atom stereocenters. The van der Waals surface area contributed by atoms with E-state index in [0.717, 1.165) is 54.1 Å². The van der Waals surface area contributed by atoms with Crippen LogP contribution in [0.4, 0.5) is 0 Å². The van der Waals surface area contributed by atoms with Crippen molar-refractivity contribution in [3.63, 3.8) is 0 Å². The molecule has 6 nitrogen and oxygen atoms in total. The molecule has 324 valence electrons. The summed E-state index contributed by atoms with van der Waals surface area (Å²) in [6, 6.07) is 58.8. The Labute approximate surface area is 381 Å². The van der Waals surface area contributed by atoms with Crippen LogP contribution in [0.5, 0.6) is 28.7 Å². The van der Waals surface area contributed by atoms with Crippen molar-refractivity contribution in [1.82, 2.24) is 0 Å². The lowest BCUT2D eigenvalue weighted by atomic mass is 9.97. The van der Waals surface area contributed by atoms with Gasteiger partial charge in [-0.25, -0.2) is 0 Å². The van der Waals surface area contributed by atoms with Gasteiger partial charge in [0.05, 0.1) is 0 Å². The molecule has 64 heavy (non-hydrogen) atoms. The topological polar surface area (TPSA) is 55.4 Å². The highest BCUT2D eigenvalue weighted by Gasteiger charge is 2.32. The standard InChI is InChI=1S/C55H52O6P2S/c1-7-9-23-40(3)41(4)48(8-2)56-62(57-49-35-20-27-42-24-10-13-30-45(42)49)60-52-33-16-18-38-54(52)64(5,6)55-39-19-17-34-53(55)61-63(58-50-36-21-28-43-25-11-14-31-46(43)50)59-51-37-22-29-44-26-12-15-32-47(44)51/h7-22,24-40H,4,23H2,1-3,5-6H3/b9-7-,48-8+. The molecule has 0 saturated heterocycles. The Morgan fingerprint density at radius 2 is 0.859 bits per heavy atom. The van der Waals surface area contributed by atoms with E-state index in [1.807, 2.05) is 135 Å². The first-order chi connectivity index (χ1) is 31.2. The second-order valence-electron chi connectivity index (χ2n) is 15.5. The molecule has 8 aromatic carbocycles. The van der Waals surface area contributed by atoms with Crippen molar-refractivity contribution in [1.29, 1.82) is 0 Å². The normalized spacial score (nSPS) is 13.2. The van der Waals surface area contributed by atoms with Gasteiger partial charge in [0.2, 0.25) is 0 Å². The molecule has 0 aromatic heterocycles. The fraction of sp³-hybridized carbons (Fsp3) is 0.127. The van der Waals surface area contributed by atoms with Crippen molar-refractivity contribution >= 4 is 59.6 Å². The predicted molar refractivity (Wildman–Crippen MR) is 270 cm³/mol. The first-order valence-electron chi connectivity index (χ1n) is 21.2. The van der Waals surface area contributed by atoms with E-state index in [1.54, 1.807) is 0 Å². The summed E-state index contributed by atoms with van der Waals surface area (Å²) in [7, 11) is -5.96. The first kappa shape index (κ1) is 44.4. The van der Waals surface area contributed by atoms with Crippen molar-refractivity contribution < 1.29 is 27.1 Å². The van der Waals surface area contributed by atoms with E-state index >= 15 is 0 Å². The van der Waals surface area contributed by atoms with Crippen LogP contribution in [0, 0.1) is 5.92 Å². The highest BCUT2D eigenvalue weighted by molar-refractivity contribution is 8.32. The summed E-state index contributed by atoms with van der Waals surface area (Å²) in [4.78, 5) is 1.97. The van der Waals surface area contributed by atoms with Gasteiger partial charge in [-0.1, -0.05) is 159 Å². The van der Waals surface area contributed by atoms with Gasteiger partial charge in [0.1, 0.15) is 34.5 Å². The zero-order valence-corrected chi connectivity index (χ0v) is 39.3. The van der Waals surface area contributed by atoms with E-state index in [2.05, 4.69) is 98.8 Å². The largest absolute Gasteiger partial charge is 0.530 e. The highest BCUT2D eigenvalue weighted by Crippen LogP contribution is 2.64. The van der Waals surface area contributed by atoms with Crippen LogP contribution in [-0.2, 0) is 4.52 Å². The van der Waals surface area contributed by atoms with Crippen molar-refractivity contribution in [2.24, 2.45) is 5.92 Å². The second kappa shape index (κ2) is 20.5. The Morgan fingerprint density at radius 1 is 0.500 bits per heavy atom. The third-order valence-corrected chi connectivity index (χ3v) is 15.9. The molecular formula is C55H52O6P2S. The highest BCUT2D eigenvalue weighted by atomic mass is 32.3. The summed E-state index contributed by atoms with van der Waals surface area (Å²) in [5.41, 5.74) is 0.872. The van der Waals surface area contributed by atoms with Gasteiger partial charge in [0.15, 0.2) is 0 Å². The SMILES string of the molecule is C=C(/C(=C\C)OP(Oc1ccccc1S(C)(C)c1ccccc1OP(Oc1cccc2ccccc12)Oc1cccc2ccccc12)Oc1cccc2ccccc12)C(C)C/C=C\C. The van der Waals surface area contributed by atoms with Gasteiger partial charge in [-0.05, 0) is 109 Å². The molecule has 0 bridgehead atoms. The third-order valence-electron chi connectivity index (χ3n) is 11.0.